The SMILES string of the molecule is CCC(CCCSc1ccc([N+](=O)[O-])cc1)NC(=O)OCc1ccccc1. The number of alkyl carbamates (subject to hydrolysis) is 1. The molecule has 0 bridgehead atoms. The summed E-state index contributed by atoms with van der Waals surface area (Å²) < 4.78 is 5.26. The van der Waals surface area contributed by atoms with E-state index in [2.05, 4.69) is 5.32 Å². The van der Waals surface area contributed by atoms with Gasteiger partial charge in [-0.1, -0.05) is 37.3 Å². The van der Waals surface area contributed by atoms with E-state index in [1.807, 2.05) is 37.3 Å². The van der Waals surface area contributed by atoms with E-state index in [0.29, 0.717) is 0 Å². The quantitative estimate of drug-likeness (QED) is 0.263. The van der Waals surface area contributed by atoms with Gasteiger partial charge < -0.3 is 10.1 Å². The van der Waals surface area contributed by atoms with Gasteiger partial charge in [0.05, 0.1) is 4.92 Å². The summed E-state index contributed by atoms with van der Waals surface area (Å²) in [5.74, 6) is 0.884. The second kappa shape index (κ2) is 11.2. The van der Waals surface area contributed by atoms with Gasteiger partial charge in [-0.25, -0.2) is 4.79 Å². The molecule has 2 aromatic carbocycles. The zero-order chi connectivity index (χ0) is 19.5. The fraction of sp³-hybridized carbons (Fsp3) is 0.350. The number of nitro benzene ring substituents is 1. The lowest BCUT2D eigenvalue weighted by molar-refractivity contribution is -0.384. The first-order chi connectivity index (χ1) is 13.1. The molecular weight excluding hydrogens is 364 g/mol. The summed E-state index contributed by atoms with van der Waals surface area (Å²) in [5.41, 5.74) is 1.06. The van der Waals surface area contributed by atoms with Gasteiger partial charge in [0.25, 0.3) is 5.69 Å². The maximum Gasteiger partial charge on any atom is 0.407 e. The molecule has 7 heteroatoms. The number of ether oxygens (including phenoxy) is 1. The lowest BCUT2D eigenvalue weighted by Crippen LogP contribution is -2.34. The van der Waals surface area contributed by atoms with E-state index in [4.69, 9.17) is 4.74 Å². The molecule has 6 nitrogen and oxygen atoms in total. The van der Waals surface area contributed by atoms with Crippen LogP contribution in [0.25, 0.3) is 0 Å². The van der Waals surface area contributed by atoms with Crippen LogP contribution in [0.5, 0.6) is 0 Å². The first-order valence-electron chi connectivity index (χ1n) is 8.93. The Morgan fingerprint density at radius 1 is 1.19 bits per heavy atom. The van der Waals surface area contributed by atoms with Crippen LogP contribution >= 0.6 is 11.8 Å². The van der Waals surface area contributed by atoms with Crippen LogP contribution in [0.4, 0.5) is 10.5 Å². The van der Waals surface area contributed by atoms with Crippen molar-refractivity contribution in [1.82, 2.24) is 5.32 Å². The molecule has 144 valence electrons. The Bertz CT molecular complexity index is 723. The number of carbonyl (C=O) groups is 1. The molecule has 0 saturated carbocycles. The normalized spacial score (nSPS) is 11.6. The second-order valence-electron chi connectivity index (χ2n) is 6.05. The van der Waals surface area contributed by atoms with Gasteiger partial charge in [-0.15, -0.1) is 11.8 Å². The molecule has 2 aromatic rings. The Hall–Kier alpha value is -2.54. The Balaban J connectivity index is 1.65. The van der Waals surface area contributed by atoms with Crippen molar-refractivity contribution < 1.29 is 14.5 Å². The molecule has 0 aromatic heterocycles. The maximum atomic E-state index is 11.9. The van der Waals surface area contributed by atoms with Gasteiger partial charge in [-0.2, -0.15) is 0 Å². The van der Waals surface area contributed by atoms with E-state index in [1.165, 1.54) is 12.1 Å². The zero-order valence-corrected chi connectivity index (χ0v) is 16.1. The highest BCUT2D eigenvalue weighted by Gasteiger charge is 2.11. The van der Waals surface area contributed by atoms with E-state index in [0.717, 1.165) is 35.5 Å². The molecule has 27 heavy (non-hydrogen) atoms. The van der Waals surface area contributed by atoms with Gasteiger partial charge in [-0.3, -0.25) is 10.1 Å². The van der Waals surface area contributed by atoms with Crippen molar-refractivity contribution in [2.45, 2.75) is 43.7 Å². The fourth-order valence-electron chi connectivity index (χ4n) is 2.49. The third-order valence-electron chi connectivity index (χ3n) is 4.04. The highest BCUT2D eigenvalue weighted by atomic mass is 32.2. The topological polar surface area (TPSA) is 81.5 Å². The number of nitrogens with one attached hydrogen (secondary N) is 1. The Morgan fingerprint density at radius 2 is 1.89 bits per heavy atom. The predicted octanol–water partition coefficient (Wildman–Crippen LogP) is 5.17. The predicted molar refractivity (Wildman–Crippen MR) is 107 cm³/mol. The van der Waals surface area contributed by atoms with Crippen LogP contribution in [0.3, 0.4) is 0 Å². The van der Waals surface area contributed by atoms with Crippen molar-refractivity contribution >= 4 is 23.5 Å². The summed E-state index contributed by atoms with van der Waals surface area (Å²) in [4.78, 5) is 23.2. The van der Waals surface area contributed by atoms with E-state index in [1.54, 1.807) is 23.9 Å². The van der Waals surface area contributed by atoms with Gasteiger partial charge >= 0.3 is 6.09 Å². The molecule has 1 N–H and O–H groups in total. The van der Waals surface area contributed by atoms with Crippen LogP contribution < -0.4 is 5.32 Å². The van der Waals surface area contributed by atoms with Crippen molar-refractivity contribution in [3.8, 4) is 0 Å². The van der Waals surface area contributed by atoms with E-state index in [9.17, 15) is 14.9 Å². The van der Waals surface area contributed by atoms with Crippen molar-refractivity contribution in [3.05, 3.63) is 70.3 Å². The van der Waals surface area contributed by atoms with E-state index >= 15 is 0 Å². The van der Waals surface area contributed by atoms with Gasteiger partial charge in [-0.05, 0) is 42.7 Å². The lowest BCUT2D eigenvalue weighted by Gasteiger charge is -2.16. The highest BCUT2D eigenvalue weighted by molar-refractivity contribution is 7.99. The molecule has 1 amide bonds. The Morgan fingerprint density at radius 3 is 2.52 bits per heavy atom. The van der Waals surface area contributed by atoms with Crippen molar-refractivity contribution in [2.24, 2.45) is 0 Å². The van der Waals surface area contributed by atoms with Crippen LogP contribution in [-0.4, -0.2) is 22.8 Å². The van der Waals surface area contributed by atoms with Crippen molar-refractivity contribution in [1.29, 1.82) is 0 Å². The minimum Gasteiger partial charge on any atom is -0.445 e. The van der Waals surface area contributed by atoms with E-state index < -0.39 is 11.0 Å². The summed E-state index contributed by atoms with van der Waals surface area (Å²) >= 11 is 1.65. The number of rotatable bonds is 10. The van der Waals surface area contributed by atoms with Gasteiger partial charge in [0, 0.05) is 23.1 Å². The van der Waals surface area contributed by atoms with Gasteiger partial charge in [0.15, 0.2) is 0 Å². The minimum atomic E-state index is -0.400. The molecule has 0 radical (unpaired) electrons. The fourth-order valence-corrected chi connectivity index (χ4v) is 3.37. The standard InChI is InChI=1S/C20H24N2O4S/c1-2-17(21-20(23)26-15-16-7-4-3-5-8-16)9-6-14-27-19-12-10-18(11-13-19)22(24)25/h3-5,7-8,10-13,17H,2,6,9,14-15H2,1H3,(H,21,23). The first-order valence-corrected chi connectivity index (χ1v) is 9.91. The highest BCUT2D eigenvalue weighted by Crippen LogP contribution is 2.22. The number of amides is 1. The number of thioether (sulfide) groups is 1. The molecule has 0 aliphatic rings. The molecular formula is C20H24N2O4S. The summed E-state index contributed by atoms with van der Waals surface area (Å²) in [6, 6.07) is 16.2. The summed E-state index contributed by atoms with van der Waals surface area (Å²) in [5, 5.41) is 13.6. The molecule has 0 heterocycles. The number of hydrogen-bond acceptors (Lipinski definition) is 5. The smallest absolute Gasteiger partial charge is 0.407 e. The number of nitro groups is 1. The van der Waals surface area contributed by atoms with Crippen LogP contribution in [0.1, 0.15) is 31.7 Å². The Labute approximate surface area is 163 Å². The minimum absolute atomic E-state index is 0.0748. The molecule has 2 rings (SSSR count). The number of non-ortho nitro benzene ring substituents is 1. The van der Waals surface area contributed by atoms with E-state index in [-0.39, 0.29) is 18.3 Å². The largest absolute Gasteiger partial charge is 0.445 e. The summed E-state index contributed by atoms with van der Waals surface area (Å²) in [7, 11) is 0. The molecule has 0 aliphatic carbocycles. The maximum absolute atomic E-state index is 11.9. The third-order valence-corrected chi connectivity index (χ3v) is 5.14. The summed E-state index contributed by atoms with van der Waals surface area (Å²) in [6.07, 6.45) is 2.23. The molecule has 0 saturated heterocycles. The van der Waals surface area contributed by atoms with Crippen LogP contribution in [0, 0.1) is 10.1 Å². The molecule has 1 unspecified atom stereocenters. The molecule has 1 atom stereocenters. The van der Waals surface area contributed by atoms with Crippen LogP contribution in [-0.2, 0) is 11.3 Å². The summed E-state index contributed by atoms with van der Waals surface area (Å²) in [6.45, 7) is 2.30. The number of hydrogen-bond donors (Lipinski definition) is 1. The van der Waals surface area contributed by atoms with Crippen LogP contribution in [0.15, 0.2) is 59.5 Å². The Kier molecular flexibility index (Phi) is 8.64. The van der Waals surface area contributed by atoms with Crippen molar-refractivity contribution in [3.63, 3.8) is 0 Å². The number of nitrogens with zero attached hydrogens (tertiary/aromatic N) is 1. The molecule has 0 spiro atoms. The third kappa shape index (κ3) is 7.70. The number of carbonyl (C=O) groups excluding carboxylic acids is 1. The monoisotopic (exact) mass is 388 g/mol. The van der Waals surface area contributed by atoms with Crippen molar-refractivity contribution in [2.75, 3.05) is 5.75 Å². The number of benzene rings is 2. The second-order valence-corrected chi connectivity index (χ2v) is 7.22. The van der Waals surface area contributed by atoms with Gasteiger partial charge in [0.2, 0.25) is 0 Å². The molecule has 0 fully saturated rings. The average Bonchev–Trinajstić information content (AvgIpc) is 2.69. The lowest BCUT2D eigenvalue weighted by atomic mass is 10.1. The van der Waals surface area contributed by atoms with Crippen LogP contribution in [0.2, 0.25) is 0 Å². The molecule has 0 aliphatic heterocycles. The first kappa shape index (κ1) is 20.8. The average molecular weight is 388 g/mol. The van der Waals surface area contributed by atoms with Gasteiger partial charge in [0.1, 0.15) is 6.61 Å². The zero-order valence-electron chi connectivity index (χ0n) is 15.3.